The number of carbonyl (C=O) groups excluding carboxylic acids is 1. The fraction of sp³-hybridized carbons (Fsp3) is 0.417. The first-order valence-electron chi connectivity index (χ1n) is 5.12. The van der Waals surface area contributed by atoms with Crippen LogP contribution >= 0.6 is 11.6 Å². The van der Waals surface area contributed by atoms with Crippen molar-refractivity contribution in [1.82, 2.24) is 5.32 Å². The van der Waals surface area contributed by atoms with Crippen LogP contribution in [0.15, 0.2) is 24.3 Å². The normalized spacial score (nSPS) is 11.2. The lowest BCUT2D eigenvalue weighted by atomic mass is 10.0. The molecule has 16 heavy (non-hydrogen) atoms. The first-order chi connectivity index (χ1) is 7.44. The summed E-state index contributed by atoms with van der Waals surface area (Å²) in [6.45, 7) is 3.83. The summed E-state index contributed by atoms with van der Waals surface area (Å²) in [5.41, 5.74) is 0.104. The van der Waals surface area contributed by atoms with Crippen molar-refractivity contribution in [3.05, 3.63) is 29.8 Å². The molecule has 0 radical (unpaired) electrons. The van der Waals surface area contributed by atoms with Crippen molar-refractivity contribution in [2.45, 2.75) is 25.8 Å². The molecule has 0 heterocycles. The molecule has 1 amide bonds. The Kier molecular flexibility index (Phi) is 4.19. The van der Waals surface area contributed by atoms with Crippen LogP contribution < -0.4 is 5.32 Å². The first kappa shape index (κ1) is 12.8. The Morgan fingerprint density at radius 3 is 2.75 bits per heavy atom. The maximum atomic E-state index is 11.8. The molecule has 1 rings (SSSR count). The van der Waals surface area contributed by atoms with Gasteiger partial charge in [-0.3, -0.25) is 4.79 Å². The highest BCUT2D eigenvalue weighted by Gasteiger charge is 2.20. The van der Waals surface area contributed by atoms with Crippen LogP contribution in [0, 0.1) is 0 Å². The minimum atomic E-state index is -0.343. The lowest BCUT2D eigenvalue weighted by Gasteiger charge is -2.25. The van der Waals surface area contributed by atoms with E-state index in [1.165, 1.54) is 12.1 Å². The highest BCUT2D eigenvalue weighted by molar-refractivity contribution is 6.17. The topological polar surface area (TPSA) is 49.3 Å². The molecule has 88 valence electrons. The molecule has 4 heteroatoms. The summed E-state index contributed by atoms with van der Waals surface area (Å²) < 4.78 is 0. The number of phenolic OH excluding ortho intramolecular Hbond substituents is 1. The van der Waals surface area contributed by atoms with Crippen LogP contribution in [0.1, 0.15) is 30.6 Å². The average molecular weight is 242 g/mol. The van der Waals surface area contributed by atoms with Gasteiger partial charge in [0.25, 0.3) is 5.91 Å². The number of carbonyl (C=O) groups is 1. The van der Waals surface area contributed by atoms with Crippen LogP contribution in [0.25, 0.3) is 0 Å². The summed E-state index contributed by atoms with van der Waals surface area (Å²) in [7, 11) is 0. The summed E-state index contributed by atoms with van der Waals surface area (Å²) in [5.74, 6) is 0.377. The van der Waals surface area contributed by atoms with E-state index >= 15 is 0 Å². The Morgan fingerprint density at radius 2 is 2.19 bits per heavy atom. The Bertz CT molecular complexity index is 377. The lowest BCUT2D eigenvalue weighted by molar-refractivity contribution is 0.0911. The van der Waals surface area contributed by atoms with Gasteiger partial charge in [-0.25, -0.2) is 0 Å². The van der Waals surface area contributed by atoms with Crippen molar-refractivity contribution in [3.8, 4) is 5.75 Å². The fourth-order valence-corrected chi connectivity index (χ4v) is 1.80. The second-order valence-corrected chi connectivity index (χ2v) is 4.71. The minimum absolute atomic E-state index is 0.0859. The van der Waals surface area contributed by atoms with Gasteiger partial charge in [0, 0.05) is 17.0 Å². The predicted octanol–water partition coefficient (Wildman–Crippen LogP) is 2.53. The average Bonchev–Trinajstić information content (AvgIpc) is 2.16. The SMILES string of the molecule is CC(C)(CCCl)NC(=O)c1cccc(O)c1. The third-order valence-corrected chi connectivity index (χ3v) is 2.47. The minimum Gasteiger partial charge on any atom is -0.508 e. The number of phenols is 1. The summed E-state index contributed by atoms with van der Waals surface area (Å²) in [5, 5.41) is 12.1. The molecule has 1 aromatic rings. The molecule has 0 fully saturated rings. The molecule has 0 bridgehead atoms. The molecule has 0 aliphatic carbocycles. The highest BCUT2D eigenvalue weighted by atomic mass is 35.5. The van der Waals surface area contributed by atoms with Crippen molar-refractivity contribution in [2.75, 3.05) is 5.88 Å². The third-order valence-electron chi connectivity index (χ3n) is 2.28. The third kappa shape index (κ3) is 3.74. The standard InChI is InChI=1S/C12H16ClNO2/c1-12(2,6-7-13)14-11(16)9-4-3-5-10(15)8-9/h3-5,8,15H,6-7H2,1-2H3,(H,14,16). The van der Waals surface area contributed by atoms with Gasteiger partial charge in [-0.05, 0) is 38.5 Å². The van der Waals surface area contributed by atoms with Gasteiger partial charge in [-0.1, -0.05) is 6.07 Å². The van der Waals surface area contributed by atoms with E-state index < -0.39 is 0 Å². The van der Waals surface area contributed by atoms with Crippen molar-refractivity contribution >= 4 is 17.5 Å². The number of nitrogens with one attached hydrogen (secondary N) is 1. The smallest absolute Gasteiger partial charge is 0.251 e. The van der Waals surface area contributed by atoms with Gasteiger partial charge in [0.1, 0.15) is 5.75 Å². The van der Waals surface area contributed by atoms with Crippen molar-refractivity contribution in [3.63, 3.8) is 0 Å². The maximum Gasteiger partial charge on any atom is 0.251 e. The van der Waals surface area contributed by atoms with Gasteiger partial charge in [0.05, 0.1) is 0 Å². The molecule has 0 aromatic heterocycles. The van der Waals surface area contributed by atoms with E-state index in [1.54, 1.807) is 12.1 Å². The van der Waals surface area contributed by atoms with Gasteiger partial charge in [-0.2, -0.15) is 0 Å². The molecule has 0 aliphatic rings. The predicted molar refractivity (Wildman–Crippen MR) is 65.0 cm³/mol. The van der Waals surface area contributed by atoms with E-state index in [-0.39, 0.29) is 17.2 Å². The molecule has 0 spiro atoms. The van der Waals surface area contributed by atoms with E-state index in [4.69, 9.17) is 11.6 Å². The Labute approximate surface area is 100 Å². The van der Waals surface area contributed by atoms with Gasteiger partial charge >= 0.3 is 0 Å². The first-order valence-corrected chi connectivity index (χ1v) is 5.65. The second kappa shape index (κ2) is 5.21. The van der Waals surface area contributed by atoms with E-state index in [1.807, 2.05) is 13.8 Å². The van der Waals surface area contributed by atoms with Crippen molar-refractivity contribution in [1.29, 1.82) is 0 Å². The summed E-state index contributed by atoms with van der Waals surface area (Å²) >= 11 is 5.65. The van der Waals surface area contributed by atoms with Crippen LogP contribution in [0.2, 0.25) is 0 Å². The molecular formula is C12H16ClNO2. The Balaban J connectivity index is 2.72. The maximum absolute atomic E-state index is 11.8. The molecule has 3 nitrogen and oxygen atoms in total. The van der Waals surface area contributed by atoms with Crippen LogP contribution in [0.4, 0.5) is 0 Å². The molecule has 1 aromatic carbocycles. The lowest BCUT2D eigenvalue weighted by Crippen LogP contribution is -2.43. The van der Waals surface area contributed by atoms with Crippen molar-refractivity contribution in [2.24, 2.45) is 0 Å². The van der Waals surface area contributed by atoms with Crippen LogP contribution in [0.5, 0.6) is 5.75 Å². The number of hydrogen-bond donors (Lipinski definition) is 2. The number of halogens is 1. The number of benzene rings is 1. The van der Waals surface area contributed by atoms with E-state index in [0.717, 1.165) is 0 Å². The Hall–Kier alpha value is -1.22. The summed E-state index contributed by atoms with van der Waals surface area (Å²) in [6.07, 6.45) is 0.694. The van der Waals surface area contributed by atoms with E-state index in [2.05, 4.69) is 5.32 Å². The zero-order valence-electron chi connectivity index (χ0n) is 9.46. The molecule has 2 N–H and O–H groups in total. The number of aromatic hydroxyl groups is 1. The monoisotopic (exact) mass is 241 g/mol. The molecule has 0 saturated heterocycles. The molecule has 0 saturated carbocycles. The molecule has 0 unspecified atom stereocenters. The molecule has 0 aliphatic heterocycles. The quantitative estimate of drug-likeness (QED) is 0.796. The number of amides is 1. The molecular weight excluding hydrogens is 226 g/mol. The van der Waals surface area contributed by atoms with Gasteiger partial charge in [0.15, 0.2) is 0 Å². The number of alkyl halides is 1. The zero-order chi connectivity index (χ0) is 12.2. The fourth-order valence-electron chi connectivity index (χ4n) is 1.33. The van der Waals surface area contributed by atoms with Crippen molar-refractivity contribution < 1.29 is 9.90 Å². The van der Waals surface area contributed by atoms with Crippen LogP contribution in [-0.2, 0) is 0 Å². The summed E-state index contributed by atoms with van der Waals surface area (Å²) in [4.78, 5) is 11.8. The molecule has 0 atom stereocenters. The summed E-state index contributed by atoms with van der Waals surface area (Å²) in [6, 6.07) is 6.26. The zero-order valence-corrected chi connectivity index (χ0v) is 10.2. The number of hydrogen-bond acceptors (Lipinski definition) is 2. The van der Waals surface area contributed by atoms with Crippen LogP contribution in [0.3, 0.4) is 0 Å². The Morgan fingerprint density at radius 1 is 1.50 bits per heavy atom. The van der Waals surface area contributed by atoms with Gasteiger partial charge in [0.2, 0.25) is 0 Å². The van der Waals surface area contributed by atoms with Gasteiger partial charge in [-0.15, -0.1) is 11.6 Å². The van der Waals surface area contributed by atoms with E-state index in [0.29, 0.717) is 17.9 Å². The van der Waals surface area contributed by atoms with E-state index in [9.17, 15) is 9.90 Å². The highest BCUT2D eigenvalue weighted by Crippen LogP contribution is 2.14. The van der Waals surface area contributed by atoms with Gasteiger partial charge < -0.3 is 10.4 Å². The number of rotatable bonds is 4. The second-order valence-electron chi connectivity index (χ2n) is 4.33. The van der Waals surface area contributed by atoms with Crippen LogP contribution in [-0.4, -0.2) is 22.4 Å². The largest absolute Gasteiger partial charge is 0.508 e.